The smallest absolute Gasteiger partial charge is 0.360 e. The Balaban J connectivity index is 2.49. The van der Waals surface area contributed by atoms with Crippen molar-refractivity contribution in [3.63, 3.8) is 0 Å². The van der Waals surface area contributed by atoms with E-state index < -0.39 is 5.97 Å². The molecule has 0 saturated carbocycles. The summed E-state index contributed by atoms with van der Waals surface area (Å²) in [6.07, 6.45) is 1.22. The highest BCUT2D eigenvalue weighted by Crippen LogP contribution is 2.19. The van der Waals surface area contributed by atoms with Gasteiger partial charge in [0.1, 0.15) is 0 Å². The van der Waals surface area contributed by atoms with Gasteiger partial charge >= 0.3 is 5.97 Å². The summed E-state index contributed by atoms with van der Waals surface area (Å²) in [6, 6.07) is 6.70. The molecule has 0 aliphatic heterocycles. The van der Waals surface area contributed by atoms with Gasteiger partial charge in [-0.1, -0.05) is 17.7 Å². The first-order valence-corrected chi connectivity index (χ1v) is 4.73. The Morgan fingerprint density at radius 1 is 1.44 bits per heavy atom. The molecule has 0 spiro atoms. The topological polar surface area (TPSA) is 75.3 Å². The van der Waals surface area contributed by atoms with E-state index in [1.165, 1.54) is 10.9 Å². The summed E-state index contributed by atoms with van der Waals surface area (Å²) in [5.74, 6) is -1.66. The van der Waals surface area contributed by atoms with Crippen LogP contribution in [0.4, 0.5) is 0 Å². The van der Waals surface area contributed by atoms with Crippen molar-refractivity contribution in [2.24, 2.45) is 0 Å². The van der Waals surface area contributed by atoms with Gasteiger partial charge in [-0.15, -0.1) is 0 Å². The first kappa shape index (κ1) is 10.5. The van der Waals surface area contributed by atoms with Crippen LogP contribution in [0.2, 0.25) is 5.02 Å². The van der Waals surface area contributed by atoms with Gasteiger partial charge < -0.3 is 10.2 Å². The van der Waals surface area contributed by atoms with Crippen molar-refractivity contribution >= 4 is 17.6 Å². The molecule has 2 N–H and O–H groups in total. The molecule has 0 radical (unpaired) electrons. The van der Waals surface area contributed by atoms with Crippen LogP contribution in [0, 0.1) is 0 Å². The van der Waals surface area contributed by atoms with Crippen molar-refractivity contribution in [1.29, 1.82) is 0 Å². The van der Waals surface area contributed by atoms with Crippen molar-refractivity contribution in [1.82, 2.24) is 9.78 Å². The lowest BCUT2D eigenvalue weighted by atomic mass is 10.3. The van der Waals surface area contributed by atoms with Crippen molar-refractivity contribution in [3.8, 4) is 11.4 Å². The highest BCUT2D eigenvalue weighted by Gasteiger charge is 2.15. The fourth-order valence-corrected chi connectivity index (χ4v) is 1.45. The lowest BCUT2D eigenvalue weighted by Gasteiger charge is -2.00. The van der Waals surface area contributed by atoms with Gasteiger partial charge in [0, 0.05) is 5.02 Å². The second-order valence-electron chi connectivity index (χ2n) is 3.09. The van der Waals surface area contributed by atoms with Gasteiger partial charge in [-0.3, -0.25) is 0 Å². The molecule has 0 aliphatic rings. The van der Waals surface area contributed by atoms with Gasteiger partial charge in [-0.2, -0.15) is 5.10 Å². The maximum Gasteiger partial charge on any atom is 0.360 e. The Morgan fingerprint density at radius 3 is 2.75 bits per heavy atom. The van der Waals surface area contributed by atoms with E-state index in [4.69, 9.17) is 16.7 Å². The maximum atomic E-state index is 10.7. The number of carboxylic acid groups (broad SMARTS) is 1. The van der Waals surface area contributed by atoms with Crippen LogP contribution in [-0.2, 0) is 0 Å². The van der Waals surface area contributed by atoms with E-state index >= 15 is 0 Å². The predicted molar refractivity (Wildman–Crippen MR) is 57.2 cm³/mol. The molecule has 1 aromatic carbocycles. The lowest BCUT2D eigenvalue weighted by molar-refractivity contribution is 0.0687. The normalized spacial score (nSPS) is 10.3. The lowest BCUT2D eigenvalue weighted by Crippen LogP contribution is -2.00. The van der Waals surface area contributed by atoms with E-state index in [-0.39, 0.29) is 11.4 Å². The van der Waals surface area contributed by atoms with Crippen molar-refractivity contribution in [3.05, 3.63) is 41.2 Å². The Hall–Kier alpha value is -2.01. The van der Waals surface area contributed by atoms with Crippen molar-refractivity contribution in [2.75, 3.05) is 0 Å². The molecule has 5 nitrogen and oxygen atoms in total. The number of rotatable bonds is 2. The van der Waals surface area contributed by atoms with Gasteiger partial charge in [0.05, 0.1) is 11.9 Å². The minimum absolute atomic E-state index is 0.382. The van der Waals surface area contributed by atoms with Crippen LogP contribution in [0.5, 0.6) is 5.75 Å². The average molecular weight is 239 g/mol. The van der Waals surface area contributed by atoms with Crippen molar-refractivity contribution in [2.45, 2.75) is 0 Å². The molecule has 0 fully saturated rings. The molecule has 0 unspecified atom stereocenters. The zero-order valence-electron chi connectivity index (χ0n) is 7.96. The van der Waals surface area contributed by atoms with E-state index in [2.05, 4.69) is 5.10 Å². The summed E-state index contributed by atoms with van der Waals surface area (Å²) in [7, 11) is 0. The molecule has 2 rings (SSSR count). The minimum Gasteiger partial charge on any atom is -0.504 e. The van der Waals surface area contributed by atoms with Gasteiger partial charge in [0.2, 0.25) is 5.69 Å². The van der Waals surface area contributed by atoms with Crippen LogP contribution in [-0.4, -0.2) is 26.0 Å². The molecule has 1 aromatic heterocycles. The van der Waals surface area contributed by atoms with Crippen LogP contribution in [0.3, 0.4) is 0 Å². The monoisotopic (exact) mass is 238 g/mol. The molecule has 6 heteroatoms. The Kier molecular flexibility index (Phi) is 2.54. The second kappa shape index (κ2) is 3.86. The molecule has 1 heterocycles. The number of hydrogen-bond acceptors (Lipinski definition) is 3. The summed E-state index contributed by atoms with van der Waals surface area (Å²) in [6.45, 7) is 0. The molecule has 0 amide bonds. The fraction of sp³-hybridized carbons (Fsp3) is 0. The van der Waals surface area contributed by atoms with E-state index in [9.17, 15) is 9.90 Å². The molecule has 0 aliphatic carbocycles. The average Bonchev–Trinajstić information content (AvgIpc) is 2.60. The number of carbonyl (C=O) groups is 1. The van der Waals surface area contributed by atoms with Gasteiger partial charge in [0.15, 0.2) is 5.75 Å². The number of benzene rings is 1. The zero-order valence-corrected chi connectivity index (χ0v) is 8.72. The third kappa shape index (κ3) is 1.85. The fourth-order valence-electron chi connectivity index (χ4n) is 1.27. The molecule has 0 atom stereocenters. The van der Waals surface area contributed by atoms with E-state index in [1.54, 1.807) is 24.3 Å². The minimum atomic E-state index is -1.28. The zero-order chi connectivity index (χ0) is 11.7. The largest absolute Gasteiger partial charge is 0.504 e. The van der Waals surface area contributed by atoms with Crippen LogP contribution >= 0.6 is 11.6 Å². The number of nitrogens with zero attached hydrogens (tertiary/aromatic N) is 2. The SMILES string of the molecule is O=C(O)c1nn(-c2cccc(Cl)c2)cc1O. The van der Waals surface area contributed by atoms with Crippen LogP contribution in [0.15, 0.2) is 30.5 Å². The predicted octanol–water partition coefficient (Wildman–Crippen LogP) is 1.93. The third-order valence-corrected chi connectivity index (χ3v) is 2.21. The van der Waals surface area contributed by atoms with E-state index in [0.29, 0.717) is 10.7 Å². The molecule has 0 bridgehead atoms. The van der Waals surface area contributed by atoms with E-state index in [1.807, 2.05) is 0 Å². The Bertz CT molecular complexity index is 551. The quantitative estimate of drug-likeness (QED) is 0.838. The van der Waals surface area contributed by atoms with Gasteiger partial charge in [-0.05, 0) is 18.2 Å². The first-order chi connectivity index (χ1) is 7.58. The van der Waals surface area contributed by atoms with E-state index in [0.717, 1.165) is 0 Å². The molecular weight excluding hydrogens is 232 g/mol. The first-order valence-electron chi connectivity index (χ1n) is 4.36. The number of hydrogen-bond donors (Lipinski definition) is 2. The summed E-state index contributed by atoms with van der Waals surface area (Å²) < 4.78 is 1.25. The number of aromatic carboxylic acids is 1. The summed E-state index contributed by atoms with van der Waals surface area (Å²) in [5, 5.41) is 22.3. The van der Waals surface area contributed by atoms with Crippen LogP contribution < -0.4 is 0 Å². The Labute approximate surface area is 95.5 Å². The Morgan fingerprint density at radius 2 is 2.19 bits per heavy atom. The van der Waals surface area contributed by atoms with Crippen molar-refractivity contribution < 1.29 is 15.0 Å². The van der Waals surface area contributed by atoms with Gasteiger partial charge in [0.25, 0.3) is 0 Å². The highest BCUT2D eigenvalue weighted by molar-refractivity contribution is 6.30. The van der Waals surface area contributed by atoms with Gasteiger partial charge in [-0.25, -0.2) is 9.48 Å². The summed E-state index contributed by atoms with van der Waals surface area (Å²) >= 11 is 5.78. The van der Waals surface area contributed by atoms with Crippen LogP contribution in [0.1, 0.15) is 10.5 Å². The van der Waals surface area contributed by atoms with Crippen LogP contribution in [0.25, 0.3) is 5.69 Å². The standard InChI is InChI=1S/C10H7ClN2O3/c11-6-2-1-3-7(4-6)13-5-8(14)9(12-13)10(15)16/h1-5,14H,(H,15,16). The summed E-state index contributed by atoms with van der Waals surface area (Å²) in [4.78, 5) is 10.7. The number of carboxylic acids is 1. The highest BCUT2D eigenvalue weighted by atomic mass is 35.5. The molecule has 2 aromatic rings. The molecule has 0 saturated heterocycles. The number of aromatic nitrogens is 2. The number of halogens is 1. The third-order valence-electron chi connectivity index (χ3n) is 1.97. The molecule has 16 heavy (non-hydrogen) atoms. The summed E-state index contributed by atoms with van der Waals surface area (Å²) in [5.41, 5.74) is 0.190. The molecule has 82 valence electrons. The second-order valence-corrected chi connectivity index (χ2v) is 3.53. The maximum absolute atomic E-state index is 10.7. The number of aromatic hydroxyl groups is 1. The molecular formula is C10H7ClN2O3.